The van der Waals surface area contributed by atoms with Gasteiger partial charge >= 0.3 is 5.69 Å². The fourth-order valence-electron chi connectivity index (χ4n) is 1.84. The van der Waals surface area contributed by atoms with Gasteiger partial charge in [-0.3, -0.25) is 4.57 Å². The van der Waals surface area contributed by atoms with Crippen molar-refractivity contribution in [1.82, 2.24) is 9.55 Å². The molecule has 1 saturated heterocycles. The summed E-state index contributed by atoms with van der Waals surface area (Å²) in [5.41, 5.74) is 13.1. The SMILES string of the molecule is [N-]=[N+]=NC(O)[C@@H]1CC[C@H](n2ccc(N)nc2=O)O1. The Morgan fingerprint density at radius 2 is 2.50 bits per heavy atom. The summed E-state index contributed by atoms with van der Waals surface area (Å²) in [7, 11) is 0. The first-order valence-electron chi connectivity index (χ1n) is 5.34. The van der Waals surface area contributed by atoms with Gasteiger partial charge in [0, 0.05) is 11.1 Å². The number of rotatable bonds is 3. The predicted octanol–water partition coefficient (Wildman–Crippen LogP) is 0.132. The minimum absolute atomic E-state index is 0.139. The quantitative estimate of drug-likeness (QED) is 0.447. The van der Waals surface area contributed by atoms with Gasteiger partial charge in [-0.15, -0.1) is 0 Å². The first-order valence-corrected chi connectivity index (χ1v) is 5.34. The Hall–Kier alpha value is -2.09. The average Bonchev–Trinajstić information content (AvgIpc) is 2.78. The van der Waals surface area contributed by atoms with Crippen molar-refractivity contribution >= 4 is 5.82 Å². The topological polar surface area (TPSA) is 139 Å². The van der Waals surface area contributed by atoms with E-state index in [0.717, 1.165) is 0 Å². The van der Waals surface area contributed by atoms with Crippen molar-refractivity contribution in [2.75, 3.05) is 5.73 Å². The molecule has 1 fully saturated rings. The van der Waals surface area contributed by atoms with Crippen LogP contribution in [0.1, 0.15) is 19.1 Å². The molecule has 1 aromatic rings. The van der Waals surface area contributed by atoms with Crippen LogP contribution in [0.2, 0.25) is 0 Å². The second kappa shape index (κ2) is 5.05. The molecule has 3 atom stereocenters. The van der Waals surface area contributed by atoms with Gasteiger partial charge in [0.1, 0.15) is 12.0 Å². The molecule has 96 valence electrons. The molecular weight excluding hydrogens is 240 g/mol. The molecule has 18 heavy (non-hydrogen) atoms. The first kappa shape index (κ1) is 12.4. The van der Waals surface area contributed by atoms with E-state index in [4.69, 9.17) is 16.0 Å². The van der Waals surface area contributed by atoms with Crippen LogP contribution in [-0.2, 0) is 4.74 Å². The number of ether oxygens (including phenoxy) is 1. The molecule has 1 aliphatic rings. The lowest BCUT2D eigenvalue weighted by atomic mass is 10.2. The average molecular weight is 252 g/mol. The number of hydrogen-bond donors (Lipinski definition) is 2. The van der Waals surface area contributed by atoms with E-state index in [0.29, 0.717) is 12.8 Å². The van der Waals surface area contributed by atoms with Crippen LogP contribution in [0, 0.1) is 0 Å². The summed E-state index contributed by atoms with van der Waals surface area (Å²) in [6.45, 7) is 0. The smallest absolute Gasteiger partial charge is 0.351 e. The predicted molar refractivity (Wildman–Crippen MR) is 61.2 cm³/mol. The van der Waals surface area contributed by atoms with Crippen molar-refractivity contribution in [3.05, 3.63) is 33.2 Å². The number of aliphatic hydroxyl groups is 1. The van der Waals surface area contributed by atoms with Gasteiger partial charge in [0.15, 0.2) is 6.23 Å². The van der Waals surface area contributed by atoms with Crippen molar-refractivity contribution in [3.8, 4) is 0 Å². The van der Waals surface area contributed by atoms with Crippen molar-refractivity contribution in [3.63, 3.8) is 0 Å². The Labute approximate surface area is 101 Å². The lowest BCUT2D eigenvalue weighted by Gasteiger charge is -2.16. The third-order valence-electron chi connectivity index (χ3n) is 2.69. The highest BCUT2D eigenvalue weighted by atomic mass is 16.5. The van der Waals surface area contributed by atoms with E-state index in [1.807, 2.05) is 0 Å². The minimum atomic E-state index is -1.25. The molecule has 2 heterocycles. The number of anilines is 1. The zero-order chi connectivity index (χ0) is 13.1. The van der Waals surface area contributed by atoms with Gasteiger partial charge in [-0.25, -0.2) is 4.79 Å². The zero-order valence-electron chi connectivity index (χ0n) is 9.38. The lowest BCUT2D eigenvalue weighted by Crippen LogP contribution is -2.29. The van der Waals surface area contributed by atoms with Crippen molar-refractivity contribution < 1.29 is 9.84 Å². The number of nitrogens with two attached hydrogens (primary N) is 1. The molecule has 2 rings (SSSR count). The molecule has 9 nitrogen and oxygen atoms in total. The molecule has 0 radical (unpaired) electrons. The highest BCUT2D eigenvalue weighted by Gasteiger charge is 2.31. The van der Waals surface area contributed by atoms with E-state index < -0.39 is 24.2 Å². The number of nitrogen functional groups attached to an aromatic ring is 1. The number of aliphatic hydroxyl groups excluding tert-OH is 1. The van der Waals surface area contributed by atoms with Crippen LogP contribution in [0.25, 0.3) is 10.4 Å². The van der Waals surface area contributed by atoms with Crippen LogP contribution >= 0.6 is 0 Å². The first-order chi connectivity index (χ1) is 8.61. The largest absolute Gasteiger partial charge is 0.384 e. The maximum absolute atomic E-state index is 11.6. The molecule has 0 saturated carbocycles. The van der Waals surface area contributed by atoms with E-state index in [1.165, 1.54) is 16.8 Å². The summed E-state index contributed by atoms with van der Waals surface area (Å²) in [5.74, 6) is 0.139. The molecule has 0 spiro atoms. The number of aromatic nitrogens is 2. The zero-order valence-corrected chi connectivity index (χ0v) is 9.38. The Balaban J connectivity index is 2.13. The van der Waals surface area contributed by atoms with E-state index in [2.05, 4.69) is 15.0 Å². The minimum Gasteiger partial charge on any atom is -0.384 e. The Kier molecular flexibility index (Phi) is 3.47. The van der Waals surface area contributed by atoms with Crippen molar-refractivity contribution in [2.24, 2.45) is 5.11 Å². The molecule has 1 aromatic heterocycles. The van der Waals surface area contributed by atoms with Crippen LogP contribution in [0.5, 0.6) is 0 Å². The van der Waals surface area contributed by atoms with E-state index in [9.17, 15) is 9.90 Å². The second-order valence-corrected chi connectivity index (χ2v) is 3.87. The summed E-state index contributed by atoms with van der Waals surface area (Å²) in [6, 6.07) is 1.49. The van der Waals surface area contributed by atoms with Gasteiger partial charge in [-0.2, -0.15) is 4.98 Å². The van der Waals surface area contributed by atoms with Crippen LogP contribution < -0.4 is 11.4 Å². The van der Waals surface area contributed by atoms with Gasteiger partial charge < -0.3 is 15.6 Å². The molecule has 0 amide bonds. The Morgan fingerprint density at radius 3 is 3.17 bits per heavy atom. The highest BCUT2D eigenvalue weighted by molar-refractivity contribution is 5.23. The molecule has 9 heteroatoms. The third kappa shape index (κ3) is 2.43. The number of nitrogens with zero attached hydrogens (tertiary/aromatic N) is 5. The Bertz CT molecular complexity index is 537. The number of azide groups is 1. The summed E-state index contributed by atoms with van der Waals surface area (Å²) in [4.78, 5) is 17.7. The molecule has 1 aliphatic heterocycles. The van der Waals surface area contributed by atoms with Crippen LogP contribution in [0.4, 0.5) is 5.82 Å². The molecule has 0 aromatic carbocycles. The second-order valence-electron chi connectivity index (χ2n) is 3.87. The maximum Gasteiger partial charge on any atom is 0.351 e. The van der Waals surface area contributed by atoms with E-state index in [-0.39, 0.29) is 5.82 Å². The van der Waals surface area contributed by atoms with Crippen molar-refractivity contribution in [2.45, 2.75) is 31.4 Å². The van der Waals surface area contributed by atoms with Crippen LogP contribution in [-0.4, -0.2) is 27.0 Å². The van der Waals surface area contributed by atoms with Gasteiger partial charge in [-0.05, 0) is 24.4 Å². The van der Waals surface area contributed by atoms with E-state index >= 15 is 0 Å². The fraction of sp³-hybridized carbons (Fsp3) is 0.556. The molecular formula is C9H12N6O3. The van der Waals surface area contributed by atoms with Gasteiger partial charge in [0.2, 0.25) is 0 Å². The summed E-state index contributed by atoms with van der Waals surface area (Å²) < 4.78 is 6.74. The van der Waals surface area contributed by atoms with Crippen LogP contribution in [0.15, 0.2) is 22.2 Å². The molecule has 1 unspecified atom stereocenters. The highest BCUT2D eigenvalue weighted by Crippen LogP contribution is 2.29. The maximum atomic E-state index is 11.6. The summed E-state index contributed by atoms with van der Waals surface area (Å²) in [5, 5.41) is 12.6. The normalized spacial score (nSPS) is 24.5. The Morgan fingerprint density at radius 1 is 1.72 bits per heavy atom. The van der Waals surface area contributed by atoms with Gasteiger partial charge in [0.25, 0.3) is 0 Å². The van der Waals surface area contributed by atoms with Gasteiger partial charge in [-0.1, -0.05) is 5.11 Å². The summed E-state index contributed by atoms with van der Waals surface area (Å²) >= 11 is 0. The number of hydrogen-bond acceptors (Lipinski definition) is 6. The standard InChI is InChI=1S/C9H12N6O3/c10-6-3-4-15(9(17)12-6)7-2-1-5(18-7)8(16)13-14-11/h3-5,7-8,16H,1-2H2,(H2,10,12,17)/t5-,7+,8?/m0/s1. The lowest BCUT2D eigenvalue weighted by molar-refractivity contribution is -0.0581. The molecule has 0 aliphatic carbocycles. The molecule has 0 bridgehead atoms. The van der Waals surface area contributed by atoms with Crippen molar-refractivity contribution in [1.29, 1.82) is 0 Å². The van der Waals surface area contributed by atoms with Gasteiger partial charge in [0.05, 0.1) is 6.10 Å². The summed E-state index contributed by atoms with van der Waals surface area (Å²) in [6.07, 6.45) is 0.0972. The molecule has 3 N–H and O–H groups in total. The third-order valence-corrected chi connectivity index (χ3v) is 2.69. The van der Waals surface area contributed by atoms with Crippen LogP contribution in [0.3, 0.4) is 0 Å². The monoisotopic (exact) mass is 252 g/mol. The fourth-order valence-corrected chi connectivity index (χ4v) is 1.84. The van der Waals surface area contributed by atoms with E-state index in [1.54, 1.807) is 0 Å².